The number of nitrogens with zero attached hydrogens (tertiary/aromatic N) is 1. The molecule has 1 heterocycles. The average Bonchev–Trinajstić information content (AvgIpc) is 2.40. The van der Waals surface area contributed by atoms with Crippen LogP contribution < -0.4 is 5.73 Å². The van der Waals surface area contributed by atoms with Crippen LogP contribution in [-0.4, -0.2) is 23.5 Å². The Balaban J connectivity index is 2.30. The van der Waals surface area contributed by atoms with Crippen LogP contribution in [0.5, 0.6) is 0 Å². The Kier molecular flexibility index (Phi) is 4.98. The summed E-state index contributed by atoms with van der Waals surface area (Å²) in [4.78, 5) is 2.38. The molecule has 0 amide bonds. The van der Waals surface area contributed by atoms with Crippen molar-refractivity contribution in [1.82, 2.24) is 4.90 Å². The molecule has 0 radical (unpaired) electrons. The molecular formula is C15H22BrFN2. The molecule has 1 fully saturated rings. The lowest BCUT2D eigenvalue weighted by Gasteiger charge is -2.44. The first-order valence-corrected chi connectivity index (χ1v) is 7.76. The molecule has 0 spiro atoms. The largest absolute Gasteiger partial charge is 0.329 e. The lowest BCUT2D eigenvalue weighted by Crippen LogP contribution is -2.49. The molecule has 106 valence electrons. The van der Waals surface area contributed by atoms with E-state index in [2.05, 4.69) is 34.7 Å². The molecule has 0 bridgehead atoms. The number of nitrogens with two attached hydrogens (primary N) is 1. The lowest BCUT2D eigenvalue weighted by molar-refractivity contribution is 0.0555. The number of hydrogen-bond donors (Lipinski definition) is 1. The van der Waals surface area contributed by atoms with Crippen LogP contribution in [0.25, 0.3) is 0 Å². The Labute approximate surface area is 123 Å². The first kappa shape index (κ1) is 14.9. The van der Waals surface area contributed by atoms with Gasteiger partial charge in [0.1, 0.15) is 5.82 Å². The van der Waals surface area contributed by atoms with E-state index < -0.39 is 0 Å². The molecule has 2 N–H and O–H groups in total. The van der Waals surface area contributed by atoms with Crippen LogP contribution in [0.3, 0.4) is 0 Å². The van der Waals surface area contributed by atoms with Gasteiger partial charge in [0.15, 0.2) is 0 Å². The summed E-state index contributed by atoms with van der Waals surface area (Å²) in [5, 5.41) is 0. The van der Waals surface area contributed by atoms with E-state index in [4.69, 9.17) is 5.73 Å². The second kappa shape index (κ2) is 6.33. The zero-order valence-corrected chi connectivity index (χ0v) is 13.2. The van der Waals surface area contributed by atoms with Gasteiger partial charge in [-0.1, -0.05) is 22.4 Å². The molecule has 3 unspecified atom stereocenters. The number of benzene rings is 1. The fraction of sp³-hybridized carbons (Fsp3) is 0.600. The first-order chi connectivity index (χ1) is 9.04. The van der Waals surface area contributed by atoms with Crippen LogP contribution in [0.1, 0.15) is 44.7 Å². The molecule has 19 heavy (non-hydrogen) atoms. The Morgan fingerprint density at radius 2 is 2.21 bits per heavy atom. The van der Waals surface area contributed by atoms with Crippen molar-refractivity contribution in [3.8, 4) is 0 Å². The second-order valence-electron chi connectivity index (χ2n) is 5.46. The van der Waals surface area contributed by atoms with Crippen molar-refractivity contribution in [2.45, 2.75) is 51.2 Å². The molecule has 1 aromatic rings. The summed E-state index contributed by atoms with van der Waals surface area (Å²) < 4.78 is 15.0. The van der Waals surface area contributed by atoms with E-state index >= 15 is 0 Å². The number of rotatable bonds is 3. The van der Waals surface area contributed by atoms with Gasteiger partial charge in [0.2, 0.25) is 0 Å². The van der Waals surface area contributed by atoms with Gasteiger partial charge in [0, 0.05) is 34.7 Å². The highest BCUT2D eigenvalue weighted by atomic mass is 79.9. The smallest absolute Gasteiger partial charge is 0.128 e. The molecule has 1 saturated heterocycles. The molecule has 2 rings (SSSR count). The predicted octanol–water partition coefficient (Wildman–Crippen LogP) is 3.85. The lowest BCUT2D eigenvalue weighted by atomic mass is 9.92. The summed E-state index contributed by atoms with van der Waals surface area (Å²) in [6.07, 6.45) is 3.49. The van der Waals surface area contributed by atoms with E-state index in [1.165, 1.54) is 12.5 Å². The van der Waals surface area contributed by atoms with Gasteiger partial charge in [-0.05, 0) is 44.9 Å². The summed E-state index contributed by atoms with van der Waals surface area (Å²) in [5.74, 6) is -0.135. The Hall–Kier alpha value is -0.450. The average molecular weight is 329 g/mol. The van der Waals surface area contributed by atoms with Crippen LogP contribution in [0, 0.1) is 5.82 Å². The molecular weight excluding hydrogens is 307 g/mol. The molecule has 0 aliphatic carbocycles. The highest BCUT2D eigenvalue weighted by Gasteiger charge is 2.32. The molecule has 1 aliphatic rings. The minimum atomic E-state index is -0.135. The summed E-state index contributed by atoms with van der Waals surface area (Å²) in [7, 11) is 0. The van der Waals surface area contributed by atoms with E-state index in [-0.39, 0.29) is 11.9 Å². The van der Waals surface area contributed by atoms with Gasteiger partial charge in [-0.2, -0.15) is 0 Å². The van der Waals surface area contributed by atoms with Crippen LogP contribution in [0.2, 0.25) is 0 Å². The van der Waals surface area contributed by atoms with Gasteiger partial charge in [-0.25, -0.2) is 4.39 Å². The van der Waals surface area contributed by atoms with Crippen LogP contribution in [0.15, 0.2) is 22.7 Å². The van der Waals surface area contributed by atoms with E-state index in [0.29, 0.717) is 18.6 Å². The maximum atomic E-state index is 14.1. The monoisotopic (exact) mass is 328 g/mol. The summed E-state index contributed by atoms with van der Waals surface area (Å²) in [5.41, 5.74) is 6.65. The number of likely N-dealkylation sites (tertiary alicyclic amines) is 1. The number of halogens is 2. The zero-order valence-electron chi connectivity index (χ0n) is 11.6. The standard InChI is InChI=1S/C15H22BrFN2/c1-10-4-3-5-13(9-18)19(10)11(2)14-8-12(16)6-7-15(14)17/h6-8,10-11,13H,3-5,9,18H2,1-2H3. The molecule has 3 atom stereocenters. The normalized spacial score (nSPS) is 26.4. The van der Waals surface area contributed by atoms with Crippen LogP contribution in [-0.2, 0) is 0 Å². The molecule has 1 aromatic carbocycles. The Morgan fingerprint density at radius 3 is 2.89 bits per heavy atom. The van der Waals surface area contributed by atoms with Gasteiger partial charge < -0.3 is 5.73 Å². The van der Waals surface area contributed by atoms with Gasteiger partial charge in [-0.15, -0.1) is 0 Å². The van der Waals surface area contributed by atoms with Gasteiger partial charge in [-0.3, -0.25) is 4.90 Å². The predicted molar refractivity (Wildman–Crippen MR) is 80.5 cm³/mol. The Morgan fingerprint density at radius 1 is 1.47 bits per heavy atom. The van der Waals surface area contributed by atoms with Crippen molar-refractivity contribution < 1.29 is 4.39 Å². The number of piperidine rings is 1. The Bertz CT molecular complexity index is 438. The summed E-state index contributed by atoms with van der Waals surface area (Å²) in [6.45, 7) is 4.94. The van der Waals surface area contributed by atoms with Crippen molar-refractivity contribution in [1.29, 1.82) is 0 Å². The molecule has 4 heteroatoms. The van der Waals surface area contributed by atoms with Gasteiger partial charge in [0.05, 0.1) is 0 Å². The van der Waals surface area contributed by atoms with Gasteiger partial charge >= 0.3 is 0 Å². The third kappa shape index (κ3) is 3.18. The molecule has 0 saturated carbocycles. The third-order valence-corrected chi connectivity index (χ3v) is 4.71. The van der Waals surface area contributed by atoms with Crippen molar-refractivity contribution in [3.05, 3.63) is 34.1 Å². The minimum Gasteiger partial charge on any atom is -0.329 e. The van der Waals surface area contributed by atoms with E-state index in [9.17, 15) is 4.39 Å². The molecule has 1 aliphatic heterocycles. The van der Waals surface area contributed by atoms with E-state index in [0.717, 1.165) is 22.9 Å². The van der Waals surface area contributed by atoms with Crippen LogP contribution >= 0.6 is 15.9 Å². The second-order valence-corrected chi connectivity index (χ2v) is 6.37. The van der Waals surface area contributed by atoms with Crippen molar-refractivity contribution in [2.24, 2.45) is 5.73 Å². The quantitative estimate of drug-likeness (QED) is 0.913. The minimum absolute atomic E-state index is 0.0568. The fourth-order valence-corrected chi connectivity index (χ4v) is 3.62. The maximum Gasteiger partial charge on any atom is 0.128 e. The van der Waals surface area contributed by atoms with Crippen LogP contribution in [0.4, 0.5) is 4.39 Å². The SMILES string of the molecule is CC1CCCC(CN)N1C(C)c1cc(Br)ccc1F. The van der Waals surface area contributed by atoms with Crippen molar-refractivity contribution in [2.75, 3.05) is 6.54 Å². The summed E-state index contributed by atoms with van der Waals surface area (Å²) >= 11 is 3.43. The third-order valence-electron chi connectivity index (χ3n) is 4.22. The van der Waals surface area contributed by atoms with Crippen molar-refractivity contribution in [3.63, 3.8) is 0 Å². The zero-order chi connectivity index (χ0) is 14.0. The highest BCUT2D eigenvalue weighted by Crippen LogP contribution is 2.33. The van der Waals surface area contributed by atoms with E-state index in [1.807, 2.05) is 6.07 Å². The maximum absolute atomic E-state index is 14.1. The molecule has 0 aromatic heterocycles. The van der Waals surface area contributed by atoms with Gasteiger partial charge in [0.25, 0.3) is 0 Å². The van der Waals surface area contributed by atoms with Crippen molar-refractivity contribution >= 4 is 15.9 Å². The van der Waals surface area contributed by atoms with E-state index in [1.54, 1.807) is 6.07 Å². The molecule has 2 nitrogen and oxygen atoms in total. The summed E-state index contributed by atoms with van der Waals surface area (Å²) in [6, 6.07) is 6.02. The fourth-order valence-electron chi connectivity index (χ4n) is 3.24. The number of hydrogen-bond acceptors (Lipinski definition) is 2. The topological polar surface area (TPSA) is 29.3 Å². The first-order valence-electron chi connectivity index (χ1n) is 6.97. The highest BCUT2D eigenvalue weighted by molar-refractivity contribution is 9.10.